The maximum absolute atomic E-state index is 6.02. The largest absolute Gasteiger partial charge is 0.361 e. The molecule has 0 amide bonds. The summed E-state index contributed by atoms with van der Waals surface area (Å²) in [5, 5.41) is 2.06. The number of halogens is 1. The SMILES string of the molecule is CC(C)C(C)c1c[nH]c2ccc(Cl)cc12. The molecule has 1 unspecified atom stereocenters. The quantitative estimate of drug-likeness (QED) is 0.764. The van der Waals surface area contributed by atoms with Gasteiger partial charge in [0.2, 0.25) is 0 Å². The summed E-state index contributed by atoms with van der Waals surface area (Å²) in [6.45, 7) is 6.75. The van der Waals surface area contributed by atoms with Crippen LogP contribution in [0.25, 0.3) is 10.9 Å². The summed E-state index contributed by atoms with van der Waals surface area (Å²) < 4.78 is 0. The Balaban J connectivity index is 2.56. The Morgan fingerprint density at radius 1 is 1.20 bits per heavy atom. The zero-order valence-electron chi connectivity index (χ0n) is 9.34. The van der Waals surface area contributed by atoms with Crippen LogP contribution >= 0.6 is 11.6 Å². The summed E-state index contributed by atoms with van der Waals surface area (Å²) in [5.41, 5.74) is 2.53. The zero-order valence-corrected chi connectivity index (χ0v) is 10.1. The first-order valence-electron chi connectivity index (χ1n) is 5.36. The van der Waals surface area contributed by atoms with Gasteiger partial charge in [-0.15, -0.1) is 0 Å². The molecule has 0 aliphatic heterocycles. The number of H-pyrrole nitrogens is 1. The van der Waals surface area contributed by atoms with Gasteiger partial charge in [0.25, 0.3) is 0 Å². The highest BCUT2D eigenvalue weighted by Crippen LogP contribution is 2.31. The van der Waals surface area contributed by atoms with E-state index in [0.29, 0.717) is 11.8 Å². The van der Waals surface area contributed by atoms with E-state index in [1.807, 2.05) is 18.2 Å². The van der Waals surface area contributed by atoms with Crippen LogP contribution in [0.5, 0.6) is 0 Å². The minimum absolute atomic E-state index is 0.553. The molecule has 2 rings (SSSR count). The van der Waals surface area contributed by atoms with Crippen molar-refractivity contribution in [2.45, 2.75) is 26.7 Å². The van der Waals surface area contributed by atoms with Gasteiger partial charge in [0.05, 0.1) is 0 Å². The topological polar surface area (TPSA) is 15.8 Å². The third kappa shape index (κ3) is 1.89. The van der Waals surface area contributed by atoms with Gasteiger partial charge in [-0.05, 0) is 35.6 Å². The predicted octanol–water partition coefficient (Wildman–Crippen LogP) is 4.58. The lowest BCUT2D eigenvalue weighted by atomic mass is 9.90. The van der Waals surface area contributed by atoms with Crippen LogP contribution in [0.2, 0.25) is 5.02 Å². The van der Waals surface area contributed by atoms with E-state index in [2.05, 4.69) is 32.0 Å². The van der Waals surface area contributed by atoms with Crippen LogP contribution in [0.15, 0.2) is 24.4 Å². The van der Waals surface area contributed by atoms with Crippen LogP contribution in [0.1, 0.15) is 32.3 Å². The van der Waals surface area contributed by atoms with Crippen LogP contribution in [0.3, 0.4) is 0 Å². The van der Waals surface area contributed by atoms with E-state index in [-0.39, 0.29) is 0 Å². The Morgan fingerprint density at radius 2 is 1.93 bits per heavy atom. The first-order valence-corrected chi connectivity index (χ1v) is 5.74. The maximum atomic E-state index is 6.02. The van der Waals surface area contributed by atoms with Crippen molar-refractivity contribution in [3.63, 3.8) is 0 Å². The van der Waals surface area contributed by atoms with Gasteiger partial charge in [0.1, 0.15) is 0 Å². The number of nitrogens with one attached hydrogen (secondary N) is 1. The second-order valence-electron chi connectivity index (χ2n) is 4.47. The second kappa shape index (κ2) is 3.90. The van der Waals surface area contributed by atoms with E-state index in [1.54, 1.807) is 0 Å². The van der Waals surface area contributed by atoms with Crippen LogP contribution in [0, 0.1) is 5.92 Å². The van der Waals surface area contributed by atoms with Crippen LogP contribution < -0.4 is 0 Å². The van der Waals surface area contributed by atoms with Crippen LogP contribution in [0.4, 0.5) is 0 Å². The molecule has 80 valence electrons. The highest BCUT2D eigenvalue weighted by Gasteiger charge is 2.14. The molecular formula is C13H16ClN. The Labute approximate surface area is 95.5 Å². The number of aromatic amines is 1. The molecule has 0 saturated heterocycles. The zero-order chi connectivity index (χ0) is 11.0. The molecule has 15 heavy (non-hydrogen) atoms. The van der Waals surface area contributed by atoms with Gasteiger partial charge in [0, 0.05) is 22.1 Å². The van der Waals surface area contributed by atoms with Gasteiger partial charge in [-0.2, -0.15) is 0 Å². The average Bonchev–Trinajstić information content (AvgIpc) is 2.59. The van der Waals surface area contributed by atoms with E-state index >= 15 is 0 Å². The molecule has 0 aliphatic carbocycles. The second-order valence-corrected chi connectivity index (χ2v) is 4.90. The number of hydrogen-bond donors (Lipinski definition) is 1. The van der Waals surface area contributed by atoms with E-state index in [4.69, 9.17) is 11.6 Å². The molecule has 1 atom stereocenters. The van der Waals surface area contributed by atoms with Crippen molar-refractivity contribution in [2.75, 3.05) is 0 Å². The molecule has 0 saturated carbocycles. The summed E-state index contributed by atoms with van der Waals surface area (Å²) in [5.74, 6) is 1.19. The average molecular weight is 222 g/mol. The van der Waals surface area contributed by atoms with Crippen molar-refractivity contribution in [2.24, 2.45) is 5.92 Å². The Hall–Kier alpha value is -0.950. The Bertz CT molecular complexity index is 470. The molecule has 2 heteroatoms. The van der Waals surface area contributed by atoms with E-state index < -0.39 is 0 Å². The maximum Gasteiger partial charge on any atom is 0.0457 e. The highest BCUT2D eigenvalue weighted by molar-refractivity contribution is 6.31. The van der Waals surface area contributed by atoms with E-state index in [1.165, 1.54) is 16.5 Å². The molecular weight excluding hydrogens is 206 g/mol. The first-order chi connectivity index (χ1) is 7.09. The summed E-state index contributed by atoms with van der Waals surface area (Å²) in [7, 11) is 0. The molecule has 0 radical (unpaired) electrons. The number of hydrogen-bond acceptors (Lipinski definition) is 0. The fourth-order valence-corrected chi connectivity index (χ4v) is 2.02. The highest BCUT2D eigenvalue weighted by atomic mass is 35.5. The molecule has 1 heterocycles. The Kier molecular flexibility index (Phi) is 2.74. The normalized spacial score (nSPS) is 13.7. The minimum atomic E-state index is 0.553. The molecule has 0 bridgehead atoms. The lowest BCUT2D eigenvalue weighted by Crippen LogP contribution is -2.00. The molecule has 1 N–H and O–H groups in total. The molecule has 1 aromatic heterocycles. The van der Waals surface area contributed by atoms with Gasteiger partial charge >= 0.3 is 0 Å². The van der Waals surface area contributed by atoms with Crippen LogP contribution in [-0.2, 0) is 0 Å². The van der Waals surface area contributed by atoms with Crippen molar-refractivity contribution in [1.29, 1.82) is 0 Å². The summed E-state index contributed by atoms with van der Waals surface area (Å²) in [6.07, 6.45) is 2.10. The van der Waals surface area contributed by atoms with Gasteiger partial charge in [-0.1, -0.05) is 32.4 Å². The third-order valence-electron chi connectivity index (χ3n) is 3.17. The van der Waals surface area contributed by atoms with Crippen molar-refractivity contribution in [3.05, 3.63) is 35.0 Å². The molecule has 0 fully saturated rings. The fourth-order valence-electron chi connectivity index (χ4n) is 1.85. The number of fused-ring (bicyclic) bond motifs is 1. The number of benzene rings is 1. The lowest BCUT2D eigenvalue weighted by Gasteiger charge is -2.14. The van der Waals surface area contributed by atoms with E-state index in [0.717, 1.165) is 5.02 Å². The molecule has 0 spiro atoms. The van der Waals surface area contributed by atoms with Crippen LogP contribution in [-0.4, -0.2) is 4.98 Å². The minimum Gasteiger partial charge on any atom is -0.361 e. The van der Waals surface area contributed by atoms with E-state index in [9.17, 15) is 0 Å². The van der Waals surface area contributed by atoms with Gasteiger partial charge in [-0.25, -0.2) is 0 Å². The summed E-state index contributed by atoms with van der Waals surface area (Å²) >= 11 is 6.02. The molecule has 1 nitrogen and oxygen atoms in total. The van der Waals surface area contributed by atoms with Crippen molar-refractivity contribution in [3.8, 4) is 0 Å². The van der Waals surface area contributed by atoms with Crippen molar-refractivity contribution in [1.82, 2.24) is 4.98 Å². The molecule has 0 aliphatic rings. The first kappa shape index (κ1) is 10.6. The summed E-state index contributed by atoms with van der Waals surface area (Å²) in [4.78, 5) is 3.29. The van der Waals surface area contributed by atoms with Gasteiger partial charge in [-0.3, -0.25) is 0 Å². The standard InChI is InChI=1S/C13H16ClN/c1-8(2)9(3)12-7-15-13-5-4-10(14)6-11(12)13/h4-9,15H,1-3H3. The predicted molar refractivity (Wildman–Crippen MR) is 66.6 cm³/mol. The Morgan fingerprint density at radius 3 is 2.60 bits per heavy atom. The smallest absolute Gasteiger partial charge is 0.0457 e. The van der Waals surface area contributed by atoms with Gasteiger partial charge < -0.3 is 4.98 Å². The van der Waals surface area contributed by atoms with Gasteiger partial charge in [0.15, 0.2) is 0 Å². The number of rotatable bonds is 2. The molecule has 1 aromatic carbocycles. The lowest BCUT2D eigenvalue weighted by molar-refractivity contribution is 0.538. The fraction of sp³-hybridized carbons (Fsp3) is 0.385. The van der Waals surface area contributed by atoms with Crippen molar-refractivity contribution < 1.29 is 0 Å². The number of aromatic nitrogens is 1. The van der Waals surface area contributed by atoms with Crippen molar-refractivity contribution >= 4 is 22.5 Å². The molecule has 2 aromatic rings. The summed E-state index contributed by atoms with van der Waals surface area (Å²) in [6, 6.07) is 6.00. The third-order valence-corrected chi connectivity index (χ3v) is 3.40. The monoisotopic (exact) mass is 221 g/mol.